The fourth-order valence-corrected chi connectivity index (χ4v) is 4.19. The van der Waals surface area contributed by atoms with Crippen molar-refractivity contribution in [1.82, 2.24) is 20.4 Å². The minimum absolute atomic E-state index is 0. The average Bonchev–Trinajstić information content (AvgIpc) is 2.65. The molecule has 1 aliphatic heterocycles. The molecule has 2 N–H and O–H groups in total. The summed E-state index contributed by atoms with van der Waals surface area (Å²) < 4.78 is 0. The Hall–Kier alpha value is -0.0800. The van der Waals surface area contributed by atoms with E-state index in [0.29, 0.717) is 12.1 Å². The van der Waals surface area contributed by atoms with Gasteiger partial charge in [-0.15, -0.1) is 24.0 Å². The molecule has 2 aliphatic rings. The highest BCUT2D eigenvalue weighted by atomic mass is 127. The number of piperidine rings is 1. The highest BCUT2D eigenvalue weighted by Gasteiger charge is 2.21. The summed E-state index contributed by atoms with van der Waals surface area (Å²) in [5.41, 5.74) is 0. The van der Waals surface area contributed by atoms with E-state index in [1.807, 2.05) is 7.05 Å². The van der Waals surface area contributed by atoms with Gasteiger partial charge in [-0.1, -0.05) is 19.3 Å². The molecule has 0 aromatic rings. The molecule has 5 nitrogen and oxygen atoms in total. The number of nitrogens with one attached hydrogen (secondary N) is 2. The van der Waals surface area contributed by atoms with E-state index in [0.717, 1.165) is 18.5 Å². The topological polar surface area (TPSA) is 42.9 Å². The maximum absolute atomic E-state index is 4.41. The largest absolute Gasteiger partial charge is 0.356 e. The summed E-state index contributed by atoms with van der Waals surface area (Å²) >= 11 is 0. The van der Waals surface area contributed by atoms with Crippen molar-refractivity contribution in [3.05, 3.63) is 0 Å². The van der Waals surface area contributed by atoms with E-state index >= 15 is 0 Å². The van der Waals surface area contributed by atoms with Crippen LogP contribution in [0.4, 0.5) is 0 Å². The molecule has 0 aromatic heterocycles. The number of aliphatic imine (C=N–C) groups is 1. The van der Waals surface area contributed by atoms with Gasteiger partial charge < -0.3 is 20.4 Å². The van der Waals surface area contributed by atoms with Crippen LogP contribution in [0.1, 0.15) is 65.2 Å². The number of guanidine groups is 1. The Labute approximate surface area is 178 Å². The number of rotatable bonds is 7. The third-order valence-corrected chi connectivity index (χ3v) is 6.00. The molecule has 1 saturated heterocycles. The highest BCUT2D eigenvalue weighted by molar-refractivity contribution is 14.0. The first-order chi connectivity index (χ1) is 12.1. The number of halogens is 1. The highest BCUT2D eigenvalue weighted by Crippen LogP contribution is 2.21. The van der Waals surface area contributed by atoms with Crippen LogP contribution in [-0.2, 0) is 0 Å². The fraction of sp³-hybridized carbons (Fsp3) is 0.950. The van der Waals surface area contributed by atoms with Gasteiger partial charge in [0, 0.05) is 44.8 Å². The van der Waals surface area contributed by atoms with Crippen molar-refractivity contribution >= 4 is 29.9 Å². The Balaban J connectivity index is 0.00000338. The van der Waals surface area contributed by atoms with E-state index in [1.165, 1.54) is 71.0 Å². The van der Waals surface area contributed by atoms with Gasteiger partial charge in [-0.25, -0.2) is 0 Å². The van der Waals surface area contributed by atoms with Gasteiger partial charge in [0.1, 0.15) is 0 Å². The van der Waals surface area contributed by atoms with Crippen LogP contribution in [0.3, 0.4) is 0 Å². The van der Waals surface area contributed by atoms with E-state index < -0.39 is 0 Å². The van der Waals surface area contributed by atoms with Crippen molar-refractivity contribution in [3.8, 4) is 0 Å². The van der Waals surface area contributed by atoms with E-state index in [1.54, 1.807) is 0 Å². The first-order valence-corrected chi connectivity index (χ1v) is 10.5. The summed E-state index contributed by atoms with van der Waals surface area (Å²) in [4.78, 5) is 9.54. The zero-order valence-corrected chi connectivity index (χ0v) is 19.8. The van der Waals surface area contributed by atoms with Crippen LogP contribution in [0.15, 0.2) is 4.99 Å². The average molecular weight is 479 g/mol. The van der Waals surface area contributed by atoms with Gasteiger partial charge in [-0.3, -0.25) is 4.99 Å². The van der Waals surface area contributed by atoms with E-state index in [-0.39, 0.29) is 24.0 Å². The predicted molar refractivity (Wildman–Crippen MR) is 124 cm³/mol. The van der Waals surface area contributed by atoms with Crippen LogP contribution >= 0.6 is 24.0 Å². The van der Waals surface area contributed by atoms with Crippen LogP contribution in [0.2, 0.25) is 0 Å². The maximum Gasteiger partial charge on any atom is 0.191 e. The Morgan fingerprint density at radius 1 is 1.12 bits per heavy atom. The Bertz CT molecular complexity index is 388. The monoisotopic (exact) mass is 479 g/mol. The van der Waals surface area contributed by atoms with Crippen molar-refractivity contribution in [2.45, 2.75) is 83.3 Å². The number of likely N-dealkylation sites (tertiary alicyclic amines) is 1. The second kappa shape index (κ2) is 13.2. The van der Waals surface area contributed by atoms with Crippen molar-refractivity contribution in [2.75, 3.05) is 40.3 Å². The zero-order chi connectivity index (χ0) is 18.1. The van der Waals surface area contributed by atoms with Gasteiger partial charge in [0.15, 0.2) is 5.96 Å². The van der Waals surface area contributed by atoms with E-state index in [2.05, 4.69) is 46.3 Å². The lowest BCUT2D eigenvalue weighted by molar-refractivity contribution is 0.167. The second-order valence-corrected chi connectivity index (χ2v) is 8.17. The summed E-state index contributed by atoms with van der Waals surface area (Å²) in [6.07, 6.45) is 10.7. The van der Waals surface area contributed by atoms with Crippen molar-refractivity contribution < 1.29 is 0 Å². The molecule has 2 fully saturated rings. The molecule has 154 valence electrons. The minimum atomic E-state index is 0. The van der Waals surface area contributed by atoms with Crippen LogP contribution in [0, 0.1) is 0 Å². The lowest BCUT2D eigenvalue weighted by Gasteiger charge is -2.35. The van der Waals surface area contributed by atoms with Crippen molar-refractivity contribution in [1.29, 1.82) is 0 Å². The van der Waals surface area contributed by atoms with Gasteiger partial charge >= 0.3 is 0 Å². The quantitative estimate of drug-likeness (QED) is 0.255. The Morgan fingerprint density at radius 3 is 2.35 bits per heavy atom. The Morgan fingerprint density at radius 2 is 1.77 bits per heavy atom. The van der Waals surface area contributed by atoms with Crippen LogP contribution in [0.5, 0.6) is 0 Å². The molecule has 0 atom stereocenters. The third-order valence-electron chi connectivity index (χ3n) is 6.00. The number of hydrogen-bond acceptors (Lipinski definition) is 3. The summed E-state index contributed by atoms with van der Waals surface area (Å²) in [7, 11) is 4.18. The molecule has 2 rings (SSSR count). The summed E-state index contributed by atoms with van der Waals surface area (Å²) in [5.74, 6) is 0.975. The standard InChI is InChI=1S/C20H41N5.HI/c1-17(2)25-15-11-18(12-16-25)23-20(21-3)22-13-8-14-24(4)19-9-6-5-7-10-19;/h17-19H,5-16H2,1-4H3,(H2,21,22,23);1H. The number of hydrogen-bond donors (Lipinski definition) is 2. The molecule has 26 heavy (non-hydrogen) atoms. The molecule has 1 heterocycles. The molecule has 0 spiro atoms. The van der Waals surface area contributed by atoms with Crippen molar-refractivity contribution in [3.63, 3.8) is 0 Å². The Kier molecular flexibility index (Phi) is 12.1. The van der Waals surface area contributed by atoms with Gasteiger partial charge in [0.25, 0.3) is 0 Å². The fourth-order valence-electron chi connectivity index (χ4n) is 4.19. The third kappa shape index (κ3) is 8.30. The van der Waals surface area contributed by atoms with E-state index in [9.17, 15) is 0 Å². The normalized spacial score (nSPS) is 21.1. The molecule has 6 heteroatoms. The molecule has 0 amide bonds. The van der Waals surface area contributed by atoms with Crippen molar-refractivity contribution in [2.24, 2.45) is 4.99 Å². The smallest absolute Gasteiger partial charge is 0.191 e. The zero-order valence-electron chi connectivity index (χ0n) is 17.5. The van der Waals surface area contributed by atoms with Gasteiger partial charge in [0.05, 0.1) is 0 Å². The molecule has 0 radical (unpaired) electrons. The van der Waals surface area contributed by atoms with Gasteiger partial charge in [-0.05, 0) is 59.5 Å². The predicted octanol–water partition coefficient (Wildman–Crippen LogP) is 3.30. The SMILES string of the molecule is CN=C(NCCCN(C)C1CCCCC1)NC1CCN(C(C)C)CC1.I. The lowest BCUT2D eigenvalue weighted by Crippen LogP contribution is -2.50. The molecular formula is C20H42IN5. The molecule has 0 bridgehead atoms. The van der Waals surface area contributed by atoms with Gasteiger partial charge in [-0.2, -0.15) is 0 Å². The molecule has 1 aliphatic carbocycles. The number of nitrogens with zero attached hydrogens (tertiary/aromatic N) is 3. The molecule has 1 saturated carbocycles. The summed E-state index contributed by atoms with van der Waals surface area (Å²) in [6.45, 7) is 9.15. The van der Waals surface area contributed by atoms with Crippen LogP contribution in [0.25, 0.3) is 0 Å². The van der Waals surface area contributed by atoms with E-state index in [4.69, 9.17) is 0 Å². The maximum atomic E-state index is 4.41. The van der Waals surface area contributed by atoms with Gasteiger partial charge in [0.2, 0.25) is 0 Å². The first kappa shape index (κ1) is 24.0. The molecular weight excluding hydrogens is 437 g/mol. The van der Waals surface area contributed by atoms with Crippen LogP contribution in [-0.4, -0.2) is 74.2 Å². The lowest BCUT2D eigenvalue weighted by atomic mass is 9.94. The first-order valence-electron chi connectivity index (χ1n) is 10.5. The molecule has 0 unspecified atom stereocenters. The minimum Gasteiger partial charge on any atom is -0.356 e. The second-order valence-electron chi connectivity index (χ2n) is 8.17. The summed E-state index contributed by atoms with van der Waals surface area (Å²) in [5, 5.41) is 7.12. The molecule has 0 aromatic carbocycles. The van der Waals surface area contributed by atoms with Crippen LogP contribution < -0.4 is 10.6 Å². The summed E-state index contributed by atoms with van der Waals surface area (Å²) in [6, 6.07) is 2.04.